The minimum absolute atomic E-state index is 0.160. The third kappa shape index (κ3) is 5.08. The van der Waals surface area contributed by atoms with Gasteiger partial charge >= 0.3 is 0 Å². The van der Waals surface area contributed by atoms with Crippen LogP contribution in [0.25, 0.3) is 0 Å². The molecular weight excluding hydrogens is 318 g/mol. The highest BCUT2D eigenvalue weighted by Crippen LogP contribution is 2.19. The number of carbonyl (C=O) groups excluding carboxylic acids is 2. The molecule has 2 aromatic carbocycles. The van der Waals surface area contributed by atoms with Gasteiger partial charge in [-0.25, -0.2) is 0 Å². The zero-order chi connectivity index (χ0) is 18.2. The van der Waals surface area contributed by atoms with Crippen LogP contribution in [-0.4, -0.2) is 18.0 Å². The molecule has 132 valence electrons. The number of carboxylic acid groups (broad SMARTS) is 1. The fraction of sp³-hybridized carbons (Fsp3) is 0.300. The summed E-state index contributed by atoms with van der Waals surface area (Å²) in [4.78, 5) is 23.6. The maximum atomic E-state index is 12.5. The van der Waals surface area contributed by atoms with Crippen molar-refractivity contribution in [3.05, 3.63) is 59.7 Å². The molecule has 0 radical (unpaired) electrons. The number of ether oxygens (including phenoxy) is 1. The number of rotatable bonds is 8. The quantitative estimate of drug-likeness (QED) is 0.801. The molecule has 0 bridgehead atoms. The summed E-state index contributed by atoms with van der Waals surface area (Å²) in [5.74, 6) is -0.848. The van der Waals surface area contributed by atoms with E-state index in [1.165, 1.54) is 6.07 Å². The molecule has 0 aliphatic rings. The molecule has 0 aliphatic carbocycles. The van der Waals surface area contributed by atoms with E-state index in [0.29, 0.717) is 29.8 Å². The van der Waals surface area contributed by atoms with Crippen molar-refractivity contribution in [2.24, 2.45) is 0 Å². The average Bonchev–Trinajstić information content (AvgIpc) is 2.60. The number of aryl methyl sites for hydroxylation is 1. The van der Waals surface area contributed by atoms with Crippen molar-refractivity contribution >= 4 is 17.6 Å². The number of hydrogen-bond acceptors (Lipinski definition) is 4. The predicted octanol–water partition coefficient (Wildman–Crippen LogP) is 2.80. The number of hydrogen-bond donors (Lipinski definition) is 1. The number of carbonyl (C=O) groups is 2. The van der Waals surface area contributed by atoms with Gasteiger partial charge in [-0.3, -0.25) is 4.79 Å². The fourth-order valence-electron chi connectivity index (χ4n) is 2.56. The maximum absolute atomic E-state index is 12.5. The van der Waals surface area contributed by atoms with Crippen molar-refractivity contribution in [3.8, 4) is 5.75 Å². The Labute approximate surface area is 147 Å². The number of nitrogens with one attached hydrogen (secondary N) is 1. The van der Waals surface area contributed by atoms with Crippen molar-refractivity contribution < 1.29 is 19.4 Å². The van der Waals surface area contributed by atoms with Crippen LogP contribution in [0.15, 0.2) is 48.5 Å². The first-order chi connectivity index (χ1) is 12.0. The third-order valence-electron chi connectivity index (χ3n) is 3.80. The lowest BCUT2D eigenvalue weighted by Crippen LogP contribution is -2.32. The fourth-order valence-corrected chi connectivity index (χ4v) is 2.56. The second kappa shape index (κ2) is 8.87. The lowest BCUT2D eigenvalue weighted by atomic mass is 10.0. The normalized spacial score (nSPS) is 11.6. The highest BCUT2D eigenvalue weighted by Gasteiger charge is 2.19. The molecule has 0 saturated carbocycles. The largest absolute Gasteiger partial charge is 0.545 e. The summed E-state index contributed by atoms with van der Waals surface area (Å²) in [5.41, 5.74) is 1.36. The zero-order valence-electron chi connectivity index (χ0n) is 14.5. The van der Waals surface area contributed by atoms with Crippen LogP contribution in [0.1, 0.15) is 42.6 Å². The number of carboxylic acids is 1. The third-order valence-corrected chi connectivity index (χ3v) is 3.80. The molecule has 0 heterocycles. The lowest BCUT2D eigenvalue weighted by molar-refractivity contribution is -0.255. The molecule has 1 N–H and O–H groups in total. The first-order valence-electron chi connectivity index (χ1n) is 8.42. The smallest absolute Gasteiger partial charge is 0.265 e. The van der Waals surface area contributed by atoms with E-state index < -0.39 is 12.1 Å². The predicted molar refractivity (Wildman–Crippen MR) is 94.5 cm³/mol. The minimum Gasteiger partial charge on any atom is -0.545 e. The Morgan fingerprint density at radius 2 is 1.84 bits per heavy atom. The molecule has 25 heavy (non-hydrogen) atoms. The van der Waals surface area contributed by atoms with Gasteiger partial charge in [-0.15, -0.1) is 0 Å². The van der Waals surface area contributed by atoms with Gasteiger partial charge in [0.2, 0.25) is 0 Å². The Kier molecular flexibility index (Phi) is 6.57. The van der Waals surface area contributed by atoms with Gasteiger partial charge < -0.3 is 20.0 Å². The summed E-state index contributed by atoms with van der Waals surface area (Å²) in [6.45, 7) is 3.83. The second-order valence-corrected chi connectivity index (χ2v) is 5.73. The van der Waals surface area contributed by atoms with E-state index in [0.717, 1.165) is 6.42 Å². The Morgan fingerprint density at radius 3 is 2.44 bits per heavy atom. The molecule has 1 atom stereocenters. The SMILES string of the molecule is CCCc1cc(NC(=O)C(CC)Oc2ccccc2)ccc1C(=O)[O-]. The number of anilines is 1. The molecule has 5 nitrogen and oxygen atoms in total. The van der Waals surface area contributed by atoms with Crippen LogP contribution < -0.4 is 15.2 Å². The molecule has 0 aliphatic heterocycles. The summed E-state index contributed by atoms with van der Waals surface area (Å²) >= 11 is 0. The summed E-state index contributed by atoms with van der Waals surface area (Å²) in [6.07, 6.45) is 1.29. The lowest BCUT2D eigenvalue weighted by Gasteiger charge is -2.18. The summed E-state index contributed by atoms with van der Waals surface area (Å²) in [7, 11) is 0. The van der Waals surface area contributed by atoms with Gasteiger partial charge in [0.15, 0.2) is 6.10 Å². The van der Waals surface area contributed by atoms with Crippen LogP contribution in [0.5, 0.6) is 5.75 Å². The average molecular weight is 340 g/mol. The summed E-state index contributed by atoms with van der Waals surface area (Å²) in [6, 6.07) is 13.9. The van der Waals surface area contributed by atoms with Crippen molar-refractivity contribution in [2.75, 3.05) is 5.32 Å². The summed E-state index contributed by atoms with van der Waals surface area (Å²) < 4.78 is 5.72. The van der Waals surface area contributed by atoms with E-state index in [9.17, 15) is 14.7 Å². The van der Waals surface area contributed by atoms with Crippen molar-refractivity contribution in [1.29, 1.82) is 0 Å². The van der Waals surface area contributed by atoms with Gasteiger partial charge in [0.1, 0.15) is 5.75 Å². The van der Waals surface area contributed by atoms with E-state index in [2.05, 4.69) is 5.32 Å². The number of aromatic carboxylic acids is 1. The van der Waals surface area contributed by atoms with Gasteiger partial charge in [-0.1, -0.05) is 44.5 Å². The molecule has 0 spiro atoms. The van der Waals surface area contributed by atoms with E-state index in [1.54, 1.807) is 24.3 Å². The molecule has 0 saturated heterocycles. The Balaban J connectivity index is 2.12. The minimum atomic E-state index is -1.21. The van der Waals surface area contributed by atoms with Gasteiger partial charge in [-0.05, 0) is 42.7 Å². The van der Waals surface area contributed by atoms with Gasteiger partial charge in [0, 0.05) is 11.3 Å². The monoisotopic (exact) mass is 340 g/mol. The standard InChI is InChI=1S/C20H23NO4/c1-3-8-14-13-15(11-12-17(14)20(23)24)21-19(22)18(4-2)25-16-9-6-5-7-10-16/h5-7,9-13,18H,3-4,8H2,1-2H3,(H,21,22)(H,23,24)/p-1. The number of para-hydroxylation sites is 1. The van der Waals surface area contributed by atoms with Gasteiger partial charge in [0.25, 0.3) is 5.91 Å². The summed E-state index contributed by atoms with van der Waals surface area (Å²) in [5, 5.41) is 14.0. The van der Waals surface area contributed by atoms with Crippen LogP contribution >= 0.6 is 0 Å². The number of benzene rings is 2. The zero-order valence-corrected chi connectivity index (χ0v) is 14.5. The molecule has 2 aromatic rings. The van der Waals surface area contributed by atoms with E-state index in [1.807, 2.05) is 32.0 Å². The highest BCUT2D eigenvalue weighted by atomic mass is 16.5. The molecular formula is C20H22NO4-. The van der Waals surface area contributed by atoms with Crippen LogP contribution in [-0.2, 0) is 11.2 Å². The molecule has 1 amide bonds. The van der Waals surface area contributed by atoms with Crippen LogP contribution in [0.4, 0.5) is 5.69 Å². The first-order valence-corrected chi connectivity index (χ1v) is 8.42. The van der Waals surface area contributed by atoms with E-state index in [4.69, 9.17) is 4.74 Å². The molecule has 0 fully saturated rings. The van der Waals surface area contributed by atoms with E-state index >= 15 is 0 Å². The topological polar surface area (TPSA) is 78.5 Å². The maximum Gasteiger partial charge on any atom is 0.265 e. The van der Waals surface area contributed by atoms with Crippen molar-refractivity contribution in [2.45, 2.75) is 39.2 Å². The molecule has 2 rings (SSSR count). The Hall–Kier alpha value is -2.82. The first kappa shape index (κ1) is 18.5. The van der Waals surface area contributed by atoms with Crippen molar-refractivity contribution in [1.82, 2.24) is 0 Å². The van der Waals surface area contributed by atoms with E-state index in [-0.39, 0.29) is 11.5 Å². The van der Waals surface area contributed by atoms with Crippen LogP contribution in [0, 0.1) is 0 Å². The van der Waals surface area contributed by atoms with Crippen LogP contribution in [0.3, 0.4) is 0 Å². The highest BCUT2D eigenvalue weighted by molar-refractivity contribution is 5.95. The Morgan fingerprint density at radius 1 is 1.12 bits per heavy atom. The molecule has 5 heteroatoms. The van der Waals surface area contributed by atoms with Crippen LogP contribution in [0.2, 0.25) is 0 Å². The van der Waals surface area contributed by atoms with Gasteiger partial charge in [0.05, 0.1) is 5.97 Å². The number of amides is 1. The molecule has 0 aromatic heterocycles. The molecule has 1 unspecified atom stereocenters. The Bertz CT molecular complexity index is 728. The van der Waals surface area contributed by atoms with Crippen molar-refractivity contribution in [3.63, 3.8) is 0 Å². The van der Waals surface area contributed by atoms with Gasteiger partial charge in [-0.2, -0.15) is 0 Å². The second-order valence-electron chi connectivity index (χ2n) is 5.73.